The number of nitrogens with two attached hydrogens (primary N) is 1. The number of ether oxygens (including phenoxy) is 1. The Bertz CT molecular complexity index is 1140. The van der Waals surface area contributed by atoms with Crippen LogP contribution in [0.1, 0.15) is 51.1 Å². The molecule has 5 nitrogen and oxygen atoms in total. The van der Waals surface area contributed by atoms with Gasteiger partial charge in [-0.1, -0.05) is 30.7 Å². The minimum Gasteiger partial charge on any atom is -0.462 e. The number of aromatic nitrogens is 1. The van der Waals surface area contributed by atoms with E-state index in [9.17, 15) is 14.0 Å². The normalized spacial score (nSPS) is 13.4. The van der Waals surface area contributed by atoms with Gasteiger partial charge in [0.2, 0.25) is 0 Å². The first-order valence-electron chi connectivity index (χ1n) is 10.8. The number of carbonyl (C=O) groups excluding carboxylic acids is 2. The van der Waals surface area contributed by atoms with Gasteiger partial charge in [-0.25, -0.2) is 9.18 Å². The second-order valence-electron chi connectivity index (χ2n) is 8.12. The lowest BCUT2D eigenvalue weighted by atomic mass is 9.86. The molecule has 2 aromatic carbocycles. The number of ketones is 1. The highest BCUT2D eigenvalue weighted by Crippen LogP contribution is 2.28. The molecule has 2 N–H and O–H groups in total. The zero-order valence-corrected chi connectivity index (χ0v) is 17.7. The molecule has 1 heterocycles. The maximum Gasteiger partial charge on any atom is 0.338 e. The average molecular weight is 432 g/mol. The van der Waals surface area contributed by atoms with Gasteiger partial charge in [-0.05, 0) is 65.3 Å². The van der Waals surface area contributed by atoms with Crippen LogP contribution in [-0.2, 0) is 17.7 Å². The number of carbonyl (C=O) groups is 2. The van der Waals surface area contributed by atoms with Gasteiger partial charge in [0.15, 0.2) is 5.78 Å². The molecule has 32 heavy (non-hydrogen) atoms. The van der Waals surface area contributed by atoms with E-state index in [2.05, 4.69) is 4.98 Å². The molecule has 1 fully saturated rings. The fraction of sp³-hybridized carbons (Fsp3) is 0.269. The molecule has 6 heteroatoms. The molecule has 0 atom stereocenters. The summed E-state index contributed by atoms with van der Waals surface area (Å²) in [5, 5.41) is 0. The van der Waals surface area contributed by atoms with E-state index in [0.29, 0.717) is 29.2 Å². The molecule has 0 radical (unpaired) electrons. The van der Waals surface area contributed by atoms with Crippen molar-refractivity contribution >= 4 is 11.8 Å². The second-order valence-corrected chi connectivity index (χ2v) is 8.12. The summed E-state index contributed by atoms with van der Waals surface area (Å²) in [6.07, 6.45) is 5.91. The molecule has 0 spiro atoms. The summed E-state index contributed by atoms with van der Waals surface area (Å²) < 4.78 is 19.4. The summed E-state index contributed by atoms with van der Waals surface area (Å²) in [5.74, 6) is -0.601. The number of Topliss-reactive ketones (excluding diaryl/α,β-unsaturated/α-hetero) is 1. The van der Waals surface area contributed by atoms with Gasteiger partial charge in [0.25, 0.3) is 0 Å². The van der Waals surface area contributed by atoms with Gasteiger partial charge in [-0.2, -0.15) is 0 Å². The van der Waals surface area contributed by atoms with Crippen LogP contribution in [0.15, 0.2) is 60.9 Å². The van der Waals surface area contributed by atoms with E-state index < -0.39 is 5.82 Å². The van der Waals surface area contributed by atoms with Gasteiger partial charge < -0.3 is 10.5 Å². The second kappa shape index (κ2) is 9.83. The molecular formula is C26H25FN2O3. The monoisotopic (exact) mass is 432 g/mol. The van der Waals surface area contributed by atoms with Crippen LogP contribution < -0.4 is 5.73 Å². The third kappa shape index (κ3) is 4.92. The Hall–Kier alpha value is -3.38. The molecule has 0 saturated heterocycles. The lowest BCUT2D eigenvalue weighted by molar-refractivity contribution is 0.0371. The Labute approximate surface area is 186 Å². The van der Waals surface area contributed by atoms with Crippen molar-refractivity contribution in [2.24, 2.45) is 11.7 Å². The third-order valence-electron chi connectivity index (χ3n) is 5.94. The topological polar surface area (TPSA) is 82.3 Å². The Kier molecular flexibility index (Phi) is 6.71. The summed E-state index contributed by atoms with van der Waals surface area (Å²) in [7, 11) is 0. The maximum absolute atomic E-state index is 13.9. The van der Waals surface area contributed by atoms with Crippen LogP contribution in [0.3, 0.4) is 0 Å². The quantitative estimate of drug-likeness (QED) is 0.411. The van der Waals surface area contributed by atoms with E-state index in [1.807, 2.05) is 6.07 Å². The molecule has 0 bridgehead atoms. The van der Waals surface area contributed by atoms with Crippen molar-refractivity contribution in [2.45, 2.75) is 32.2 Å². The number of hydrogen-bond acceptors (Lipinski definition) is 5. The SMILES string of the molecule is NCc1ccc(C(=O)Cc2ccncc2F)cc1-c1cccc(C(=O)OCC2CCC2)c1. The number of hydrogen-bond donors (Lipinski definition) is 1. The van der Waals surface area contributed by atoms with E-state index in [1.54, 1.807) is 36.4 Å². The van der Waals surface area contributed by atoms with Crippen LogP contribution in [0.4, 0.5) is 4.39 Å². The molecular weight excluding hydrogens is 407 g/mol. The molecule has 0 aliphatic heterocycles. The molecule has 0 unspecified atom stereocenters. The number of esters is 1. The minimum atomic E-state index is -0.507. The maximum atomic E-state index is 13.9. The Morgan fingerprint density at radius 2 is 1.91 bits per heavy atom. The van der Waals surface area contributed by atoms with Crippen molar-refractivity contribution in [1.29, 1.82) is 0 Å². The van der Waals surface area contributed by atoms with Gasteiger partial charge in [-0.15, -0.1) is 0 Å². The predicted octanol–water partition coefficient (Wildman–Crippen LogP) is 4.73. The van der Waals surface area contributed by atoms with Crippen molar-refractivity contribution in [2.75, 3.05) is 6.61 Å². The van der Waals surface area contributed by atoms with Gasteiger partial charge in [-0.3, -0.25) is 9.78 Å². The van der Waals surface area contributed by atoms with Crippen LogP contribution in [0.25, 0.3) is 11.1 Å². The van der Waals surface area contributed by atoms with E-state index >= 15 is 0 Å². The Balaban J connectivity index is 1.58. The van der Waals surface area contributed by atoms with Crippen LogP contribution in [0.5, 0.6) is 0 Å². The number of rotatable bonds is 8. The molecule has 1 aliphatic carbocycles. The molecule has 164 valence electrons. The van der Waals surface area contributed by atoms with Gasteiger partial charge in [0.05, 0.1) is 18.4 Å². The minimum absolute atomic E-state index is 0.0662. The van der Waals surface area contributed by atoms with E-state index in [-0.39, 0.29) is 24.7 Å². The van der Waals surface area contributed by atoms with E-state index in [0.717, 1.165) is 35.7 Å². The summed E-state index contributed by atoms with van der Waals surface area (Å²) in [6, 6.07) is 13.9. The largest absolute Gasteiger partial charge is 0.462 e. The van der Waals surface area contributed by atoms with Crippen LogP contribution in [0.2, 0.25) is 0 Å². The highest BCUT2D eigenvalue weighted by Gasteiger charge is 2.20. The summed E-state index contributed by atoms with van der Waals surface area (Å²) in [6.45, 7) is 0.728. The molecule has 0 amide bonds. The standard InChI is InChI=1S/C26H25FN2O3/c27-24-15-29-10-9-19(24)13-25(30)20-7-8-22(14-28)23(12-20)18-5-2-6-21(11-18)26(31)32-16-17-3-1-4-17/h2,5-12,15,17H,1,3-4,13-14,16,28H2. The smallest absolute Gasteiger partial charge is 0.338 e. The average Bonchev–Trinajstić information content (AvgIpc) is 2.79. The summed E-state index contributed by atoms with van der Waals surface area (Å²) >= 11 is 0. The van der Waals surface area contributed by atoms with Gasteiger partial charge >= 0.3 is 5.97 Å². The highest BCUT2D eigenvalue weighted by molar-refractivity contribution is 5.99. The first kappa shape index (κ1) is 21.8. The van der Waals surface area contributed by atoms with Crippen LogP contribution in [0, 0.1) is 11.7 Å². The zero-order chi connectivity index (χ0) is 22.5. The fourth-order valence-electron chi connectivity index (χ4n) is 3.77. The highest BCUT2D eigenvalue weighted by atomic mass is 19.1. The Morgan fingerprint density at radius 3 is 2.62 bits per heavy atom. The summed E-state index contributed by atoms with van der Waals surface area (Å²) in [4.78, 5) is 29.0. The van der Waals surface area contributed by atoms with Gasteiger partial charge in [0.1, 0.15) is 5.82 Å². The summed E-state index contributed by atoms with van der Waals surface area (Å²) in [5.41, 5.74) is 9.51. The third-order valence-corrected chi connectivity index (χ3v) is 5.94. The lowest BCUT2D eigenvalue weighted by Gasteiger charge is -2.24. The van der Waals surface area contributed by atoms with Crippen LogP contribution in [-0.4, -0.2) is 23.3 Å². The van der Waals surface area contributed by atoms with Crippen molar-refractivity contribution in [1.82, 2.24) is 4.98 Å². The fourth-order valence-corrected chi connectivity index (χ4v) is 3.77. The van der Waals surface area contributed by atoms with Crippen molar-refractivity contribution in [3.63, 3.8) is 0 Å². The van der Waals surface area contributed by atoms with E-state index in [4.69, 9.17) is 10.5 Å². The number of nitrogens with zero attached hydrogens (tertiary/aromatic N) is 1. The first-order valence-corrected chi connectivity index (χ1v) is 10.8. The van der Waals surface area contributed by atoms with Crippen LogP contribution >= 0.6 is 0 Å². The molecule has 1 aromatic heterocycles. The molecule has 1 saturated carbocycles. The van der Waals surface area contributed by atoms with Gasteiger partial charge in [0, 0.05) is 24.7 Å². The van der Waals surface area contributed by atoms with Crippen molar-refractivity contribution in [3.05, 3.63) is 89.0 Å². The molecule has 4 rings (SSSR count). The number of pyridine rings is 1. The predicted molar refractivity (Wildman–Crippen MR) is 120 cm³/mol. The van der Waals surface area contributed by atoms with E-state index in [1.165, 1.54) is 18.7 Å². The van der Waals surface area contributed by atoms with Crippen molar-refractivity contribution in [3.8, 4) is 11.1 Å². The zero-order valence-electron chi connectivity index (χ0n) is 17.7. The molecule has 1 aliphatic rings. The lowest BCUT2D eigenvalue weighted by Crippen LogP contribution is -2.20. The molecule has 3 aromatic rings. The number of halogens is 1. The van der Waals surface area contributed by atoms with Crippen molar-refractivity contribution < 1.29 is 18.7 Å². The first-order chi connectivity index (χ1) is 15.5. The number of benzene rings is 2. The Morgan fingerprint density at radius 1 is 1.06 bits per heavy atom.